The topological polar surface area (TPSA) is 24.4 Å². The number of rotatable bonds is 2. The van der Waals surface area contributed by atoms with Gasteiger partial charge in [0, 0.05) is 5.22 Å². The molecule has 0 aliphatic carbocycles. The van der Waals surface area contributed by atoms with Crippen LogP contribution in [0.4, 0.5) is 0 Å². The third-order valence-electron chi connectivity index (χ3n) is 3.96. The zero-order valence-electron chi connectivity index (χ0n) is 12.2. The molecule has 4 rings (SSSR count). The zero-order chi connectivity index (χ0) is 14.8. The van der Waals surface area contributed by atoms with Crippen molar-refractivity contribution in [2.24, 2.45) is 4.99 Å². The van der Waals surface area contributed by atoms with E-state index in [-0.39, 0.29) is 0 Å². The maximum Gasteiger partial charge on any atom is 0.108 e. The highest BCUT2D eigenvalue weighted by Crippen LogP contribution is 2.20. The van der Waals surface area contributed by atoms with E-state index in [9.17, 15) is 0 Å². The van der Waals surface area contributed by atoms with Crippen molar-refractivity contribution in [2.45, 2.75) is 0 Å². The van der Waals surface area contributed by atoms with Gasteiger partial charge in [-0.1, -0.05) is 72.8 Å². The summed E-state index contributed by atoms with van der Waals surface area (Å²) in [4.78, 5) is 4.50. The van der Waals surface area contributed by atoms with Crippen LogP contribution in [0.2, 0.25) is 0 Å². The molecule has 1 aliphatic heterocycles. The van der Waals surface area contributed by atoms with Gasteiger partial charge in [-0.3, -0.25) is 4.99 Å². The lowest BCUT2D eigenvalue weighted by Crippen LogP contribution is -2.37. The van der Waals surface area contributed by atoms with Crippen LogP contribution in [-0.2, 0) is 0 Å². The Labute approximate surface area is 129 Å². The summed E-state index contributed by atoms with van der Waals surface area (Å²) in [6, 6.07) is 27.4. The summed E-state index contributed by atoms with van der Waals surface area (Å²) in [5.41, 5.74) is 4.83. The Kier molecular flexibility index (Phi) is 3.20. The van der Waals surface area contributed by atoms with Crippen molar-refractivity contribution in [3.8, 4) is 11.1 Å². The van der Waals surface area contributed by atoms with E-state index in [1.54, 1.807) is 0 Å². The first-order chi connectivity index (χ1) is 10.9. The minimum absolute atomic E-state index is 0.632. The third kappa shape index (κ3) is 2.29. The normalized spacial score (nSPS) is 13.0. The molecule has 0 atom stereocenters. The Bertz CT molecular complexity index is 910. The van der Waals surface area contributed by atoms with Crippen LogP contribution < -0.4 is 15.9 Å². The molecule has 0 radical (unpaired) electrons. The van der Waals surface area contributed by atoms with E-state index in [2.05, 4.69) is 77.0 Å². The maximum atomic E-state index is 4.50. The number of hydrogen-bond donors (Lipinski definition) is 1. The highest BCUT2D eigenvalue weighted by molar-refractivity contribution is 5.69. The molecule has 2 heteroatoms. The molecule has 1 N–H and O–H groups in total. The second kappa shape index (κ2) is 5.49. The van der Waals surface area contributed by atoms with Crippen molar-refractivity contribution in [3.05, 3.63) is 95.0 Å². The van der Waals surface area contributed by atoms with Crippen molar-refractivity contribution in [1.29, 1.82) is 0 Å². The quantitative estimate of drug-likeness (QED) is 0.769. The van der Waals surface area contributed by atoms with E-state index < -0.39 is 0 Å². The fraction of sp³-hybridized carbons (Fsp3) is 0.0500. The molecule has 0 saturated heterocycles. The van der Waals surface area contributed by atoms with Crippen LogP contribution in [0.15, 0.2) is 83.9 Å². The third-order valence-corrected chi connectivity index (χ3v) is 3.96. The van der Waals surface area contributed by atoms with Crippen molar-refractivity contribution in [2.75, 3.05) is 6.67 Å². The molecule has 1 aliphatic rings. The van der Waals surface area contributed by atoms with Gasteiger partial charge in [0.25, 0.3) is 0 Å². The minimum atomic E-state index is 0.632. The lowest BCUT2D eigenvalue weighted by Gasteiger charge is -2.14. The molecular formula is C20H16N2. The summed E-state index contributed by atoms with van der Waals surface area (Å²) >= 11 is 0. The van der Waals surface area contributed by atoms with E-state index in [4.69, 9.17) is 0 Å². The van der Waals surface area contributed by atoms with E-state index in [0.717, 1.165) is 11.1 Å². The van der Waals surface area contributed by atoms with E-state index in [1.807, 2.05) is 12.1 Å². The van der Waals surface area contributed by atoms with Crippen molar-refractivity contribution in [3.63, 3.8) is 0 Å². The molecule has 0 unspecified atom stereocenters. The van der Waals surface area contributed by atoms with Gasteiger partial charge in [0.2, 0.25) is 0 Å². The fourth-order valence-electron chi connectivity index (χ4n) is 2.84. The summed E-state index contributed by atoms with van der Waals surface area (Å²) in [5, 5.41) is 5.63. The summed E-state index contributed by atoms with van der Waals surface area (Å²) in [5.74, 6) is 0. The second-order valence-corrected chi connectivity index (χ2v) is 5.33. The van der Waals surface area contributed by atoms with Crippen LogP contribution in [0.3, 0.4) is 0 Å². The van der Waals surface area contributed by atoms with Crippen LogP contribution >= 0.6 is 0 Å². The molecule has 22 heavy (non-hydrogen) atoms. The Hall–Kier alpha value is -2.87. The van der Waals surface area contributed by atoms with Gasteiger partial charge in [-0.05, 0) is 22.8 Å². The monoisotopic (exact) mass is 284 g/mol. The van der Waals surface area contributed by atoms with Crippen LogP contribution in [0.1, 0.15) is 5.56 Å². The minimum Gasteiger partial charge on any atom is -0.365 e. The van der Waals surface area contributed by atoms with E-state index in [0.29, 0.717) is 6.67 Å². The van der Waals surface area contributed by atoms with Crippen LogP contribution in [0.5, 0.6) is 0 Å². The molecule has 0 spiro atoms. The number of nitrogens with one attached hydrogen (secondary N) is 1. The maximum absolute atomic E-state index is 4.50. The summed E-state index contributed by atoms with van der Waals surface area (Å²) < 4.78 is 0. The fourth-order valence-corrected chi connectivity index (χ4v) is 2.84. The number of nitrogens with zero attached hydrogens (tertiary/aromatic N) is 1. The molecule has 0 saturated carbocycles. The molecule has 0 amide bonds. The molecule has 0 bridgehead atoms. The van der Waals surface area contributed by atoms with Gasteiger partial charge < -0.3 is 5.32 Å². The van der Waals surface area contributed by atoms with Crippen LogP contribution in [0.25, 0.3) is 16.8 Å². The molecule has 0 fully saturated rings. The summed E-state index contributed by atoms with van der Waals surface area (Å²) in [7, 11) is 0. The Balaban J connectivity index is 1.81. The molecule has 2 nitrogen and oxygen atoms in total. The number of benzene rings is 3. The van der Waals surface area contributed by atoms with Crippen LogP contribution in [0, 0.1) is 0 Å². The number of para-hydroxylation sites is 1. The predicted octanol–water partition coefficient (Wildman–Crippen LogP) is 2.69. The van der Waals surface area contributed by atoms with Gasteiger partial charge in [0.1, 0.15) is 6.67 Å². The first kappa shape index (κ1) is 12.8. The lowest BCUT2D eigenvalue weighted by molar-refractivity contribution is 0.843. The first-order valence-electron chi connectivity index (χ1n) is 7.45. The SMILES string of the molecule is c1ccc(-c2ccc(C3=c4ccccc4=NCN3)cc2)cc1. The molecule has 1 heterocycles. The van der Waals surface area contributed by atoms with E-state index >= 15 is 0 Å². The van der Waals surface area contributed by atoms with Gasteiger partial charge in [-0.25, -0.2) is 0 Å². The molecule has 0 aromatic heterocycles. The Morgan fingerprint density at radius 2 is 1.27 bits per heavy atom. The molecular weight excluding hydrogens is 268 g/mol. The van der Waals surface area contributed by atoms with Crippen molar-refractivity contribution < 1.29 is 0 Å². The highest BCUT2D eigenvalue weighted by atomic mass is 15.0. The smallest absolute Gasteiger partial charge is 0.108 e. The molecule has 3 aromatic rings. The zero-order valence-corrected chi connectivity index (χ0v) is 12.2. The molecule has 3 aromatic carbocycles. The predicted molar refractivity (Wildman–Crippen MR) is 89.6 cm³/mol. The Morgan fingerprint density at radius 1 is 0.636 bits per heavy atom. The van der Waals surface area contributed by atoms with Crippen molar-refractivity contribution in [1.82, 2.24) is 5.32 Å². The first-order valence-corrected chi connectivity index (χ1v) is 7.45. The molecule has 106 valence electrons. The van der Waals surface area contributed by atoms with Gasteiger partial charge >= 0.3 is 0 Å². The summed E-state index contributed by atoms with van der Waals surface area (Å²) in [6.45, 7) is 0.632. The Morgan fingerprint density at radius 3 is 2.09 bits per heavy atom. The lowest BCUT2D eigenvalue weighted by atomic mass is 10.0. The van der Waals surface area contributed by atoms with Gasteiger partial charge in [0.15, 0.2) is 0 Å². The van der Waals surface area contributed by atoms with E-state index in [1.165, 1.54) is 21.9 Å². The van der Waals surface area contributed by atoms with Gasteiger partial charge in [0.05, 0.1) is 11.1 Å². The number of hydrogen-bond acceptors (Lipinski definition) is 2. The second-order valence-electron chi connectivity index (χ2n) is 5.33. The summed E-state index contributed by atoms with van der Waals surface area (Å²) in [6.07, 6.45) is 0. The standard InChI is InChI=1S/C20H16N2/c1-2-6-15(7-3-1)16-10-12-17(13-11-16)20-18-8-4-5-9-19(18)21-14-22-20/h1-13,22H,14H2. The highest BCUT2D eigenvalue weighted by Gasteiger charge is 2.07. The van der Waals surface area contributed by atoms with Gasteiger partial charge in [-0.15, -0.1) is 0 Å². The number of fused-ring (bicyclic) bond motifs is 1. The van der Waals surface area contributed by atoms with Crippen LogP contribution in [-0.4, -0.2) is 6.67 Å². The van der Waals surface area contributed by atoms with Gasteiger partial charge in [-0.2, -0.15) is 0 Å². The average Bonchev–Trinajstić information content (AvgIpc) is 2.62. The largest absolute Gasteiger partial charge is 0.365 e. The van der Waals surface area contributed by atoms with Crippen molar-refractivity contribution >= 4 is 5.70 Å². The average molecular weight is 284 g/mol.